The lowest BCUT2D eigenvalue weighted by atomic mass is 10.1. The van der Waals surface area contributed by atoms with Crippen molar-refractivity contribution in [2.75, 3.05) is 19.6 Å². The summed E-state index contributed by atoms with van der Waals surface area (Å²) in [5, 5.41) is 7.34. The van der Waals surface area contributed by atoms with Crippen LogP contribution in [0.2, 0.25) is 0 Å². The zero-order valence-electron chi connectivity index (χ0n) is 14.5. The van der Waals surface area contributed by atoms with Crippen LogP contribution in [0.1, 0.15) is 34.0 Å². The number of carbonyl (C=O) groups is 1. The van der Waals surface area contributed by atoms with Crippen LogP contribution in [0.25, 0.3) is 0 Å². The van der Waals surface area contributed by atoms with Crippen LogP contribution in [0, 0.1) is 26.7 Å². The third-order valence-electron chi connectivity index (χ3n) is 4.68. The first kappa shape index (κ1) is 17.1. The maximum Gasteiger partial charge on any atom is 0.227 e. The van der Waals surface area contributed by atoms with Gasteiger partial charge in [-0.25, -0.2) is 4.98 Å². The van der Waals surface area contributed by atoms with E-state index in [1.165, 1.54) is 0 Å². The molecule has 2 aromatic heterocycles. The van der Waals surface area contributed by atoms with Crippen molar-refractivity contribution >= 4 is 17.2 Å². The molecule has 0 bridgehead atoms. The summed E-state index contributed by atoms with van der Waals surface area (Å²) >= 11 is 1.62. The molecule has 0 radical (unpaired) electrons. The van der Waals surface area contributed by atoms with Crippen LogP contribution in [0.5, 0.6) is 0 Å². The monoisotopic (exact) mass is 348 g/mol. The zero-order chi connectivity index (χ0) is 17.1. The van der Waals surface area contributed by atoms with Crippen molar-refractivity contribution in [1.29, 1.82) is 0 Å². The number of carbonyl (C=O) groups excluding carboxylic acids is 1. The third-order valence-corrected chi connectivity index (χ3v) is 5.60. The van der Waals surface area contributed by atoms with Crippen molar-refractivity contribution in [2.45, 2.75) is 40.2 Å². The number of aryl methyl sites for hydroxylation is 3. The van der Waals surface area contributed by atoms with Crippen molar-refractivity contribution < 1.29 is 9.32 Å². The van der Waals surface area contributed by atoms with E-state index in [9.17, 15) is 4.79 Å². The van der Waals surface area contributed by atoms with Gasteiger partial charge in [-0.05, 0) is 46.2 Å². The summed E-state index contributed by atoms with van der Waals surface area (Å²) in [7, 11) is 0. The number of amides is 1. The summed E-state index contributed by atoms with van der Waals surface area (Å²) in [6, 6.07) is 0. The van der Waals surface area contributed by atoms with Gasteiger partial charge in [0.1, 0.15) is 5.76 Å². The Morgan fingerprint density at radius 2 is 2.25 bits per heavy atom. The summed E-state index contributed by atoms with van der Waals surface area (Å²) in [5.74, 6) is 1.38. The van der Waals surface area contributed by atoms with Crippen molar-refractivity contribution in [1.82, 2.24) is 20.4 Å². The lowest BCUT2D eigenvalue weighted by Crippen LogP contribution is -2.36. The van der Waals surface area contributed by atoms with Crippen LogP contribution < -0.4 is 5.32 Å². The molecule has 1 fully saturated rings. The molecule has 2 aromatic rings. The number of nitrogens with zero attached hydrogens (tertiary/aromatic N) is 3. The topological polar surface area (TPSA) is 71.3 Å². The number of thiazole rings is 1. The Labute approximate surface area is 146 Å². The molecular formula is C17H24N4O2S. The summed E-state index contributed by atoms with van der Waals surface area (Å²) in [4.78, 5) is 20.4. The van der Waals surface area contributed by atoms with E-state index in [4.69, 9.17) is 4.52 Å². The first-order valence-corrected chi connectivity index (χ1v) is 9.21. The number of nitrogens with one attached hydrogen (secondary N) is 1. The third kappa shape index (κ3) is 3.84. The van der Waals surface area contributed by atoms with Crippen LogP contribution in [-0.4, -0.2) is 40.6 Å². The molecule has 1 amide bonds. The van der Waals surface area contributed by atoms with Gasteiger partial charge in [-0.1, -0.05) is 5.16 Å². The van der Waals surface area contributed by atoms with Crippen LogP contribution >= 0.6 is 11.3 Å². The van der Waals surface area contributed by atoms with Crippen LogP contribution in [-0.2, 0) is 17.8 Å². The van der Waals surface area contributed by atoms with E-state index in [1.54, 1.807) is 11.3 Å². The summed E-state index contributed by atoms with van der Waals surface area (Å²) in [5.41, 5.74) is 4.58. The molecule has 1 aliphatic rings. The fourth-order valence-electron chi connectivity index (χ4n) is 3.11. The highest BCUT2D eigenvalue weighted by Crippen LogP contribution is 2.20. The lowest BCUT2D eigenvalue weighted by molar-refractivity contribution is -0.131. The molecule has 1 atom stereocenters. The molecule has 130 valence electrons. The van der Waals surface area contributed by atoms with E-state index in [2.05, 4.69) is 15.5 Å². The van der Waals surface area contributed by atoms with Gasteiger partial charge in [0.2, 0.25) is 5.91 Å². The SMILES string of the molecule is Cc1ncsc1CN(C[C@H]1CCNC1)C(=O)Cc1c(C)noc1C. The van der Waals surface area contributed by atoms with Gasteiger partial charge in [0, 0.05) is 17.0 Å². The molecule has 0 spiro atoms. The maximum absolute atomic E-state index is 13.0. The van der Waals surface area contributed by atoms with E-state index < -0.39 is 0 Å². The minimum absolute atomic E-state index is 0.129. The van der Waals surface area contributed by atoms with Crippen molar-refractivity contribution in [3.63, 3.8) is 0 Å². The zero-order valence-corrected chi connectivity index (χ0v) is 15.3. The molecule has 6 nitrogen and oxygen atoms in total. The molecule has 1 saturated heterocycles. The highest BCUT2D eigenvalue weighted by molar-refractivity contribution is 7.09. The average Bonchev–Trinajstić information content (AvgIpc) is 3.27. The average molecular weight is 348 g/mol. The lowest BCUT2D eigenvalue weighted by Gasteiger charge is -2.25. The molecular weight excluding hydrogens is 324 g/mol. The Balaban J connectivity index is 1.74. The van der Waals surface area contributed by atoms with Gasteiger partial charge in [0.05, 0.1) is 29.9 Å². The largest absolute Gasteiger partial charge is 0.361 e. The van der Waals surface area contributed by atoms with E-state index in [-0.39, 0.29) is 5.91 Å². The summed E-state index contributed by atoms with van der Waals surface area (Å²) in [6.07, 6.45) is 1.47. The van der Waals surface area contributed by atoms with Crippen molar-refractivity contribution in [2.24, 2.45) is 5.92 Å². The maximum atomic E-state index is 13.0. The van der Waals surface area contributed by atoms with E-state index >= 15 is 0 Å². The van der Waals surface area contributed by atoms with Gasteiger partial charge >= 0.3 is 0 Å². The second-order valence-corrected chi connectivity index (χ2v) is 7.41. The Morgan fingerprint density at radius 3 is 2.83 bits per heavy atom. The first-order chi connectivity index (χ1) is 11.5. The number of hydrogen-bond donors (Lipinski definition) is 1. The Morgan fingerprint density at radius 1 is 1.42 bits per heavy atom. The smallest absolute Gasteiger partial charge is 0.227 e. The predicted octanol–water partition coefficient (Wildman–Crippen LogP) is 2.24. The Hall–Kier alpha value is -1.73. The normalized spacial score (nSPS) is 17.4. The molecule has 3 rings (SSSR count). The van der Waals surface area contributed by atoms with E-state index in [0.29, 0.717) is 18.9 Å². The fourth-order valence-corrected chi connectivity index (χ4v) is 3.90. The molecule has 7 heteroatoms. The number of rotatable bonds is 6. The summed E-state index contributed by atoms with van der Waals surface area (Å²) < 4.78 is 5.20. The van der Waals surface area contributed by atoms with Gasteiger partial charge in [-0.15, -0.1) is 11.3 Å². The van der Waals surface area contributed by atoms with Crippen molar-refractivity contribution in [3.05, 3.63) is 33.1 Å². The van der Waals surface area contributed by atoms with Gasteiger partial charge < -0.3 is 14.7 Å². The van der Waals surface area contributed by atoms with Gasteiger partial charge in [-0.2, -0.15) is 0 Å². The second-order valence-electron chi connectivity index (χ2n) is 6.47. The standard InChI is InChI=1S/C17H24N4O2S/c1-11-15(13(3)23-20-11)6-17(22)21(8-14-4-5-18-7-14)9-16-12(2)19-10-24-16/h10,14,18H,4-9H2,1-3H3/t14-/m0/s1. The Kier molecular flexibility index (Phi) is 5.30. The van der Waals surface area contributed by atoms with Gasteiger partial charge in [0.25, 0.3) is 0 Å². The van der Waals surface area contributed by atoms with Crippen LogP contribution in [0.3, 0.4) is 0 Å². The molecule has 0 unspecified atom stereocenters. The van der Waals surface area contributed by atoms with E-state index in [0.717, 1.165) is 53.6 Å². The molecule has 0 aliphatic carbocycles. The highest BCUT2D eigenvalue weighted by Gasteiger charge is 2.24. The molecule has 3 heterocycles. The molecule has 0 saturated carbocycles. The Bertz CT molecular complexity index is 684. The van der Waals surface area contributed by atoms with Crippen LogP contribution in [0.15, 0.2) is 10.0 Å². The fraction of sp³-hybridized carbons (Fsp3) is 0.588. The minimum Gasteiger partial charge on any atom is -0.361 e. The highest BCUT2D eigenvalue weighted by atomic mass is 32.1. The second kappa shape index (κ2) is 7.44. The van der Waals surface area contributed by atoms with E-state index in [1.807, 2.05) is 31.2 Å². The summed E-state index contributed by atoms with van der Waals surface area (Å²) in [6.45, 7) is 9.19. The van der Waals surface area contributed by atoms with Crippen LogP contribution in [0.4, 0.5) is 0 Å². The quantitative estimate of drug-likeness (QED) is 0.867. The van der Waals surface area contributed by atoms with Gasteiger partial charge in [-0.3, -0.25) is 4.79 Å². The van der Waals surface area contributed by atoms with Gasteiger partial charge in [0.15, 0.2) is 0 Å². The molecule has 1 N–H and O–H groups in total. The van der Waals surface area contributed by atoms with Crippen molar-refractivity contribution in [3.8, 4) is 0 Å². The molecule has 24 heavy (non-hydrogen) atoms. The minimum atomic E-state index is 0.129. The molecule has 0 aromatic carbocycles. The number of aromatic nitrogens is 2. The predicted molar refractivity (Wildman–Crippen MR) is 92.9 cm³/mol. The number of hydrogen-bond acceptors (Lipinski definition) is 6. The molecule has 1 aliphatic heterocycles. The first-order valence-electron chi connectivity index (χ1n) is 8.33.